The molecule has 2 aromatic carbocycles. The van der Waals surface area contributed by atoms with Crippen LogP contribution in [0.3, 0.4) is 0 Å². The van der Waals surface area contributed by atoms with E-state index < -0.39 is 11.6 Å². The van der Waals surface area contributed by atoms with Crippen molar-refractivity contribution in [1.82, 2.24) is 4.98 Å². The lowest BCUT2D eigenvalue weighted by atomic mass is 10.1. The van der Waals surface area contributed by atoms with E-state index in [0.29, 0.717) is 5.56 Å². The summed E-state index contributed by atoms with van der Waals surface area (Å²) in [6.45, 7) is 0. The third-order valence-corrected chi connectivity index (χ3v) is 3.50. The highest BCUT2D eigenvalue weighted by Crippen LogP contribution is 2.29. The fourth-order valence-corrected chi connectivity index (χ4v) is 2.42. The smallest absolute Gasteiger partial charge is 0.159 e. The molecule has 1 aromatic heterocycles. The summed E-state index contributed by atoms with van der Waals surface area (Å²) in [5, 5.41) is 1.02. The molecule has 1 N–H and O–H groups in total. The molecule has 0 spiro atoms. The molecule has 0 aliphatic rings. The number of H-pyrrole nitrogens is 1. The van der Waals surface area contributed by atoms with Crippen molar-refractivity contribution in [2.24, 2.45) is 0 Å². The summed E-state index contributed by atoms with van der Waals surface area (Å²) < 4.78 is 27.0. The molecule has 1 heterocycles. The van der Waals surface area contributed by atoms with E-state index in [-0.39, 0.29) is 0 Å². The van der Waals surface area contributed by atoms with Crippen LogP contribution >= 0.6 is 15.9 Å². The molecule has 90 valence electrons. The van der Waals surface area contributed by atoms with Gasteiger partial charge in [0.25, 0.3) is 0 Å². The number of halogens is 3. The van der Waals surface area contributed by atoms with E-state index in [1.54, 1.807) is 6.07 Å². The molecule has 0 atom stereocenters. The molecule has 0 saturated heterocycles. The molecule has 1 nitrogen and oxygen atoms in total. The number of aromatic nitrogens is 1. The zero-order valence-electron chi connectivity index (χ0n) is 9.18. The lowest BCUT2D eigenvalue weighted by Gasteiger charge is -1.98. The Labute approximate surface area is 111 Å². The Balaban J connectivity index is 2.19. The first-order valence-corrected chi connectivity index (χ1v) is 6.17. The number of aromatic amines is 1. The van der Waals surface area contributed by atoms with Crippen LogP contribution in [0.1, 0.15) is 0 Å². The monoisotopic (exact) mass is 307 g/mol. The van der Waals surface area contributed by atoms with Crippen LogP contribution < -0.4 is 0 Å². The van der Waals surface area contributed by atoms with E-state index in [1.165, 1.54) is 6.07 Å². The van der Waals surface area contributed by atoms with Crippen molar-refractivity contribution in [1.29, 1.82) is 0 Å². The Hall–Kier alpha value is -1.68. The molecule has 18 heavy (non-hydrogen) atoms. The number of fused-ring (bicyclic) bond motifs is 1. The Bertz CT molecular complexity index is 734. The molecule has 4 heteroatoms. The summed E-state index contributed by atoms with van der Waals surface area (Å²) in [4.78, 5) is 3.19. The Kier molecular flexibility index (Phi) is 2.67. The number of rotatable bonds is 1. The maximum absolute atomic E-state index is 13.2. The lowest BCUT2D eigenvalue weighted by Crippen LogP contribution is -1.85. The average Bonchev–Trinajstić information content (AvgIpc) is 2.78. The van der Waals surface area contributed by atoms with E-state index in [9.17, 15) is 8.78 Å². The Morgan fingerprint density at radius 1 is 0.944 bits per heavy atom. The molecule has 0 fully saturated rings. The maximum Gasteiger partial charge on any atom is 0.159 e. The van der Waals surface area contributed by atoms with Crippen molar-refractivity contribution in [3.8, 4) is 11.3 Å². The minimum atomic E-state index is -0.842. The second-order valence-electron chi connectivity index (χ2n) is 4.02. The van der Waals surface area contributed by atoms with Crippen molar-refractivity contribution in [3.63, 3.8) is 0 Å². The molecule has 0 aliphatic carbocycles. The number of para-hydroxylation sites is 1. The largest absolute Gasteiger partial charge is 0.354 e. The van der Waals surface area contributed by atoms with Crippen LogP contribution in [0.5, 0.6) is 0 Å². The Morgan fingerprint density at radius 3 is 2.50 bits per heavy atom. The van der Waals surface area contributed by atoms with Crippen molar-refractivity contribution in [2.45, 2.75) is 0 Å². The molecule has 0 aliphatic heterocycles. The number of benzene rings is 2. The zero-order chi connectivity index (χ0) is 12.7. The van der Waals surface area contributed by atoms with Crippen LogP contribution in [0.2, 0.25) is 0 Å². The second-order valence-corrected chi connectivity index (χ2v) is 4.87. The molecule has 0 radical (unpaired) electrons. The fourth-order valence-electron chi connectivity index (χ4n) is 1.94. The quantitative estimate of drug-likeness (QED) is 0.660. The van der Waals surface area contributed by atoms with Gasteiger partial charge in [0.05, 0.1) is 5.52 Å². The molecule has 3 rings (SSSR count). The van der Waals surface area contributed by atoms with Crippen molar-refractivity contribution < 1.29 is 8.78 Å². The third-order valence-electron chi connectivity index (χ3n) is 2.84. The fraction of sp³-hybridized carbons (Fsp3) is 0. The van der Waals surface area contributed by atoms with Gasteiger partial charge in [-0.05, 0) is 46.3 Å². The number of hydrogen-bond donors (Lipinski definition) is 1. The van der Waals surface area contributed by atoms with Gasteiger partial charge in [0.15, 0.2) is 11.6 Å². The molecule has 0 bridgehead atoms. The van der Waals surface area contributed by atoms with Crippen molar-refractivity contribution >= 4 is 26.8 Å². The average molecular weight is 308 g/mol. The maximum atomic E-state index is 13.2. The SMILES string of the molecule is Fc1ccc(-c2cc3cccc(Br)c3[nH]2)cc1F. The van der Waals surface area contributed by atoms with Gasteiger partial charge in [0, 0.05) is 21.1 Å². The zero-order valence-corrected chi connectivity index (χ0v) is 10.8. The summed E-state index contributed by atoms with van der Waals surface area (Å²) in [6.07, 6.45) is 0. The van der Waals surface area contributed by atoms with Crippen LogP contribution in [0.4, 0.5) is 8.78 Å². The highest BCUT2D eigenvalue weighted by atomic mass is 79.9. The minimum absolute atomic E-state index is 0.622. The summed E-state index contributed by atoms with van der Waals surface area (Å²) in [5.41, 5.74) is 2.32. The van der Waals surface area contributed by atoms with Gasteiger partial charge in [-0.25, -0.2) is 8.78 Å². The summed E-state index contributed by atoms with van der Waals surface area (Å²) in [7, 11) is 0. The van der Waals surface area contributed by atoms with Crippen LogP contribution in [0, 0.1) is 11.6 Å². The van der Waals surface area contributed by atoms with Crippen LogP contribution in [0.25, 0.3) is 22.2 Å². The van der Waals surface area contributed by atoms with Crippen LogP contribution in [-0.4, -0.2) is 4.98 Å². The predicted octanol–water partition coefficient (Wildman–Crippen LogP) is 4.88. The number of hydrogen-bond acceptors (Lipinski definition) is 0. The molecule has 3 aromatic rings. The standard InChI is InChI=1S/C14H8BrF2N/c15-10-3-1-2-9-7-13(18-14(9)10)8-4-5-11(16)12(17)6-8/h1-7,18H. The van der Waals surface area contributed by atoms with E-state index >= 15 is 0 Å². The van der Waals surface area contributed by atoms with Crippen molar-refractivity contribution in [2.75, 3.05) is 0 Å². The van der Waals surface area contributed by atoms with Gasteiger partial charge in [-0.2, -0.15) is 0 Å². The third kappa shape index (κ3) is 1.82. The highest BCUT2D eigenvalue weighted by Gasteiger charge is 2.08. The Morgan fingerprint density at radius 2 is 1.78 bits per heavy atom. The molecular weight excluding hydrogens is 300 g/mol. The van der Waals surface area contributed by atoms with E-state index in [0.717, 1.165) is 27.1 Å². The van der Waals surface area contributed by atoms with E-state index in [1.807, 2.05) is 24.3 Å². The van der Waals surface area contributed by atoms with E-state index in [2.05, 4.69) is 20.9 Å². The minimum Gasteiger partial charge on any atom is -0.354 e. The van der Waals surface area contributed by atoms with Gasteiger partial charge in [-0.15, -0.1) is 0 Å². The van der Waals surface area contributed by atoms with Gasteiger partial charge in [0.1, 0.15) is 0 Å². The van der Waals surface area contributed by atoms with Gasteiger partial charge in [-0.1, -0.05) is 12.1 Å². The van der Waals surface area contributed by atoms with E-state index in [4.69, 9.17) is 0 Å². The molecular formula is C14H8BrF2N. The normalized spacial score (nSPS) is 11.1. The number of nitrogens with one attached hydrogen (secondary N) is 1. The second kappa shape index (κ2) is 4.21. The summed E-state index contributed by atoms with van der Waals surface area (Å²) in [5.74, 6) is -1.68. The van der Waals surface area contributed by atoms with Gasteiger partial charge >= 0.3 is 0 Å². The van der Waals surface area contributed by atoms with Gasteiger partial charge in [0.2, 0.25) is 0 Å². The molecule has 0 amide bonds. The van der Waals surface area contributed by atoms with Gasteiger partial charge < -0.3 is 4.98 Å². The lowest BCUT2D eigenvalue weighted by molar-refractivity contribution is 0.509. The highest BCUT2D eigenvalue weighted by molar-refractivity contribution is 9.10. The summed E-state index contributed by atoms with van der Waals surface area (Å²) in [6, 6.07) is 11.6. The summed E-state index contributed by atoms with van der Waals surface area (Å²) >= 11 is 3.44. The first-order chi connectivity index (χ1) is 8.65. The topological polar surface area (TPSA) is 15.8 Å². The first kappa shape index (κ1) is 11.4. The molecule has 0 saturated carbocycles. The van der Waals surface area contributed by atoms with Crippen LogP contribution in [0.15, 0.2) is 46.9 Å². The van der Waals surface area contributed by atoms with Crippen molar-refractivity contribution in [3.05, 3.63) is 58.6 Å². The first-order valence-electron chi connectivity index (χ1n) is 5.38. The van der Waals surface area contributed by atoms with Crippen LogP contribution in [-0.2, 0) is 0 Å². The van der Waals surface area contributed by atoms with Gasteiger partial charge in [-0.3, -0.25) is 0 Å². The predicted molar refractivity (Wildman–Crippen MR) is 71.4 cm³/mol. The molecule has 0 unspecified atom stereocenters.